The van der Waals surface area contributed by atoms with E-state index in [9.17, 15) is 19.5 Å². The summed E-state index contributed by atoms with van der Waals surface area (Å²) in [6.07, 6.45) is -2.06. The van der Waals surface area contributed by atoms with Gasteiger partial charge in [-0.3, -0.25) is 19.8 Å². The first-order valence-corrected chi connectivity index (χ1v) is 10.7. The molecule has 1 fully saturated rings. The Kier molecular flexibility index (Phi) is 5.31. The summed E-state index contributed by atoms with van der Waals surface area (Å²) in [4.78, 5) is 38.8. The third-order valence-corrected chi connectivity index (χ3v) is 6.07. The van der Waals surface area contributed by atoms with Gasteiger partial charge in [0.2, 0.25) is 5.91 Å². The van der Waals surface area contributed by atoms with E-state index in [4.69, 9.17) is 10.1 Å². The summed E-state index contributed by atoms with van der Waals surface area (Å²) in [5, 5.41) is 26.8. The SMILES string of the molecule is N=C1NCc2cc(NC(=O)[C@H](O)C3OCCN(c4ccc5c(c4)CCC(=O)N5)C3=O)ccc21. The molecule has 1 unspecified atom stereocenters. The summed E-state index contributed by atoms with van der Waals surface area (Å²) in [6, 6.07) is 10.4. The third-order valence-electron chi connectivity index (χ3n) is 6.07. The number of hydrogen-bond donors (Lipinski definition) is 5. The molecule has 3 aliphatic heterocycles. The highest BCUT2D eigenvalue weighted by Crippen LogP contribution is 2.29. The maximum atomic E-state index is 13.1. The van der Waals surface area contributed by atoms with E-state index in [1.165, 1.54) is 4.90 Å². The number of amidine groups is 1. The van der Waals surface area contributed by atoms with Crippen LogP contribution in [0, 0.1) is 5.41 Å². The van der Waals surface area contributed by atoms with Gasteiger partial charge in [0.05, 0.1) is 6.61 Å². The topological polar surface area (TPSA) is 144 Å². The number of nitrogens with zero attached hydrogens (tertiary/aromatic N) is 1. The molecule has 2 aromatic rings. The van der Waals surface area contributed by atoms with E-state index in [0.29, 0.717) is 43.1 Å². The molecule has 3 amide bonds. The number of aryl methyl sites for hydroxylation is 1. The Morgan fingerprint density at radius 1 is 1.18 bits per heavy atom. The maximum Gasteiger partial charge on any atom is 0.259 e. The second-order valence-electron chi connectivity index (χ2n) is 8.21. The first-order valence-electron chi connectivity index (χ1n) is 10.7. The van der Waals surface area contributed by atoms with Crippen molar-refractivity contribution in [2.24, 2.45) is 0 Å². The first-order chi connectivity index (χ1) is 15.9. The number of carbonyl (C=O) groups excluding carboxylic acids is 3. The Morgan fingerprint density at radius 3 is 2.88 bits per heavy atom. The minimum Gasteiger partial charge on any atom is -0.380 e. The number of morpholine rings is 1. The zero-order chi connectivity index (χ0) is 23.1. The average Bonchev–Trinajstić information content (AvgIpc) is 3.18. The normalized spacial score (nSPS) is 20.5. The highest BCUT2D eigenvalue weighted by molar-refractivity contribution is 6.05. The van der Waals surface area contributed by atoms with Gasteiger partial charge in [0.1, 0.15) is 5.84 Å². The predicted octanol–water partition coefficient (Wildman–Crippen LogP) is 0.731. The van der Waals surface area contributed by atoms with E-state index in [-0.39, 0.29) is 12.5 Å². The quantitative estimate of drug-likeness (QED) is 0.466. The zero-order valence-corrected chi connectivity index (χ0v) is 17.7. The van der Waals surface area contributed by atoms with Crippen LogP contribution in [-0.2, 0) is 32.1 Å². The molecule has 3 aliphatic rings. The maximum absolute atomic E-state index is 13.1. The number of aliphatic hydroxyl groups is 1. The molecular weight excluding hydrogens is 426 g/mol. The lowest BCUT2D eigenvalue weighted by Gasteiger charge is -2.34. The second kappa shape index (κ2) is 8.30. The van der Waals surface area contributed by atoms with Crippen LogP contribution in [0.25, 0.3) is 0 Å². The number of hydrogen-bond acceptors (Lipinski definition) is 6. The fourth-order valence-electron chi connectivity index (χ4n) is 4.32. The molecule has 170 valence electrons. The fraction of sp³-hybridized carbons (Fsp3) is 0.304. The molecule has 5 N–H and O–H groups in total. The molecule has 0 radical (unpaired) electrons. The van der Waals surface area contributed by atoms with E-state index >= 15 is 0 Å². The van der Waals surface area contributed by atoms with Crippen molar-refractivity contribution in [3.8, 4) is 0 Å². The zero-order valence-electron chi connectivity index (χ0n) is 17.7. The molecule has 0 aliphatic carbocycles. The predicted molar refractivity (Wildman–Crippen MR) is 120 cm³/mol. The number of benzene rings is 2. The van der Waals surface area contributed by atoms with E-state index in [2.05, 4.69) is 16.0 Å². The molecule has 33 heavy (non-hydrogen) atoms. The van der Waals surface area contributed by atoms with Crippen LogP contribution in [0.5, 0.6) is 0 Å². The summed E-state index contributed by atoms with van der Waals surface area (Å²) in [6.45, 7) is 0.948. The van der Waals surface area contributed by atoms with Crippen LogP contribution >= 0.6 is 0 Å². The van der Waals surface area contributed by atoms with Crippen molar-refractivity contribution in [3.05, 3.63) is 53.1 Å². The van der Waals surface area contributed by atoms with Crippen molar-refractivity contribution in [1.82, 2.24) is 5.32 Å². The van der Waals surface area contributed by atoms with Gasteiger partial charge in [-0.1, -0.05) is 0 Å². The first kappa shape index (κ1) is 21.1. The van der Waals surface area contributed by atoms with Gasteiger partial charge in [-0.25, -0.2) is 0 Å². The van der Waals surface area contributed by atoms with Crippen LogP contribution < -0.4 is 20.9 Å². The largest absolute Gasteiger partial charge is 0.380 e. The highest BCUT2D eigenvalue weighted by atomic mass is 16.5. The van der Waals surface area contributed by atoms with Gasteiger partial charge in [-0.15, -0.1) is 0 Å². The van der Waals surface area contributed by atoms with Crippen molar-refractivity contribution in [2.75, 3.05) is 28.7 Å². The van der Waals surface area contributed by atoms with Crippen molar-refractivity contribution in [1.29, 1.82) is 5.41 Å². The van der Waals surface area contributed by atoms with Crippen LogP contribution in [0.4, 0.5) is 17.1 Å². The Bertz CT molecular complexity index is 1180. The van der Waals surface area contributed by atoms with Gasteiger partial charge in [-0.2, -0.15) is 0 Å². The van der Waals surface area contributed by atoms with Crippen molar-refractivity contribution in [3.63, 3.8) is 0 Å². The van der Waals surface area contributed by atoms with Crippen LogP contribution in [0.15, 0.2) is 36.4 Å². The number of amides is 3. The summed E-state index contributed by atoms with van der Waals surface area (Å²) in [5.41, 5.74) is 4.38. The number of ether oxygens (including phenoxy) is 1. The molecule has 5 rings (SSSR count). The van der Waals surface area contributed by atoms with Gasteiger partial charge in [0.25, 0.3) is 11.8 Å². The monoisotopic (exact) mass is 449 g/mol. The number of fused-ring (bicyclic) bond motifs is 2. The summed E-state index contributed by atoms with van der Waals surface area (Å²) in [5.74, 6) is -0.960. The summed E-state index contributed by atoms with van der Waals surface area (Å²) >= 11 is 0. The summed E-state index contributed by atoms with van der Waals surface area (Å²) < 4.78 is 5.48. The Hall–Kier alpha value is -3.76. The van der Waals surface area contributed by atoms with Gasteiger partial charge in [-0.05, 0) is 53.9 Å². The Balaban J connectivity index is 1.29. The van der Waals surface area contributed by atoms with E-state index in [1.807, 2.05) is 6.07 Å². The standard InChI is InChI=1S/C23H23N5O5/c24-21-16-4-2-14(9-13(16)11-25-21)26-22(31)19(30)20-23(32)28(7-8-33-20)15-3-5-17-12(10-15)1-6-18(29)27-17/h2-5,9-10,19-20,30H,1,6-8,11H2,(H2,24,25)(H,26,31)(H,27,29)/t19-,20?/m1/s1. The average molecular weight is 449 g/mol. The number of aliphatic hydroxyl groups excluding tert-OH is 1. The number of rotatable bonds is 4. The van der Waals surface area contributed by atoms with E-state index in [1.54, 1.807) is 30.3 Å². The Labute approximate surface area is 189 Å². The van der Waals surface area contributed by atoms with Crippen LogP contribution in [-0.4, -0.2) is 54.0 Å². The molecule has 0 bridgehead atoms. The molecule has 0 aromatic heterocycles. The minimum absolute atomic E-state index is 0.0372. The lowest BCUT2D eigenvalue weighted by atomic mass is 10.0. The molecule has 0 spiro atoms. The molecule has 1 saturated heterocycles. The number of anilines is 3. The molecule has 3 heterocycles. The van der Waals surface area contributed by atoms with Gasteiger partial charge < -0.3 is 30.7 Å². The highest BCUT2D eigenvalue weighted by Gasteiger charge is 2.39. The molecule has 10 heteroatoms. The Morgan fingerprint density at radius 2 is 2.03 bits per heavy atom. The number of nitrogens with one attached hydrogen (secondary N) is 4. The third kappa shape index (κ3) is 3.94. The molecular formula is C23H23N5O5. The van der Waals surface area contributed by atoms with E-state index < -0.39 is 24.0 Å². The smallest absolute Gasteiger partial charge is 0.259 e. The van der Waals surface area contributed by atoms with Crippen LogP contribution in [0.1, 0.15) is 23.1 Å². The van der Waals surface area contributed by atoms with Crippen molar-refractivity contribution in [2.45, 2.75) is 31.6 Å². The molecule has 2 aromatic carbocycles. The lowest BCUT2D eigenvalue weighted by molar-refractivity contribution is -0.150. The van der Waals surface area contributed by atoms with Gasteiger partial charge in [0.15, 0.2) is 12.2 Å². The second-order valence-corrected chi connectivity index (χ2v) is 8.21. The van der Waals surface area contributed by atoms with Gasteiger partial charge >= 0.3 is 0 Å². The molecule has 0 saturated carbocycles. The fourth-order valence-corrected chi connectivity index (χ4v) is 4.32. The van der Waals surface area contributed by atoms with Crippen molar-refractivity contribution >= 4 is 40.6 Å². The van der Waals surface area contributed by atoms with Crippen molar-refractivity contribution < 1.29 is 24.2 Å². The van der Waals surface area contributed by atoms with Crippen LogP contribution in [0.3, 0.4) is 0 Å². The van der Waals surface area contributed by atoms with E-state index in [0.717, 1.165) is 22.4 Å². The summed E-state index contributed by atoms with van der Waals surface area (Å²) in [7, 11) is 0. The van der Waals surface area contributed by atoms with Crippen LogP contribution in [0.2, 0.25) is 0 Å². The molecule has 10 nitrogen and oxygen atoms in total. The molecule has 2 atom stereocenters. The number of carbonyl (C=O) groups is 3. The lowest BCUT2D eigenvalue weighted by Crippen LogP contribution is -2.55. The minimum atomic E-state index is -1.69. The van der Waals surface area contributed by atoms with Gasteiger partial charge in [0, 0.05) is 42.1 Å².